The van der Waals surface area contributed by atoms with E-state index in [4.69, 9.17) is 9.47 Å². The number of hydrogen-bond donors (Lipinski definition) is 0. The van der Waals surface area contributed by atoms with Crippen molar-refractivity contribution in [2.75, 3.05) is 13.6 Å². The third-order valence-corrected chi connectivity index (χ3v) is 11.3. The quantitative estimate of drug-likeness (QED) is 0.0549. The van der Waals surface area contributed by atoms with Crippen LogP contribution >= 0.6 is 0 Å². The first-order valence-corrected chi connectivity index (χ1v) is 22.2. The molecule has 3 rings (SSSR count). The van der Waals surface area contributed by atoms with Gasteiger partial charge in [0.1, 0.15) is 0 Å². The number of allylic oxidation sites excluding steroid dienone is 8. The van der Waals surface area contributed by atoms with E-state index in [1.807, 2.05) is 12.4 Å². The molecular weight excluding hydrogens is 637 g/mol. The van der Waals surface area contributed by atoms with E-state index in [1.165, 1.54) is 134 Å². The minimum atomic E-state index is -0.346. The van der Waals surface area contributed by atoms with E-state index in [-0.39, 0.29) is 18.0 Å². The third kappa shape index (κ3) is 19.9. The number of ether oxygens (including phenoxy) is 2. The molecule has 1 aromatic heterocycles. The number of likely N-dealkylation sites (N-methyl/N-ethyl adjacent to an activating group) is 1. The highest BCUT2D eigenvalue weighted by atomic mass is 16.8. The molecule has 2 aliphatic rings. The van der Waals surface area contributed by atoms with E-state index >= 15 is 0 Å². The predicted molar refractivity (Wildman–Crippen MR) is 225 cm³/mol. The van der Waals surface area contributed by atoms with Crippen LogP contribution < -0.4 is 0 Å². The highest BCUT2D eigenvalue weighted by molar-refractivity contribution is 5.10. The van der Waals surface area contributed by atoms with Crippen LogP contribution in [0.15, 0.2) is 73.1 Å². The SMILES string of the molecule is CCCC/C=C\C/C=C\CCCCCCCCC1(CCCCCCCC/C=C\C/C=C\CCCC)O[C@H]2CC(N(C)CCc3ccncc3)C[C@H]2O1. The normalized spacial score (nSPS) is 20.2. The van der Waals surface area contributed by atoms with Gasteiger partial charge in [-0.15, -0.1) is 0 Å². The van der Waals surface area contributed by atoms with Gasteiger partial charge in [-0.1, -0.05) is 140 Å². The first-order valence-electron chi connectivity index (χ1n) is 22.2. The molecule has 0 bridgehead atoms. The largest absolute Gasteiger partial charge is 0.344 e. The lowest BCUT2D eigenvalue weighted by Crippen LogP contribution is -2.36. The zero-order valence-corrected chi connectivity index (χ0v) is 34.2. The van der Waals surface area contributed by atoms with Crippen LogP contribution in [0, 0.1) is 0 Å². The summed E-state index contributed by atoms with van der Waals surface area (Å²) in [5, 5.41) is 0. The first kappa shape index (κ1) is 44.4. The molecule has 1 unspecified atom stereocenters. The van der Waals surface area contributed by atoms with Crippen LogP contribution in [0.25, 0.3) is 0 Å². The van der Waals surface area contributed by atoms with Gasteiger partial charge in [0.25, 0.3) is 0 Å². The Balaban J connectivity index is 1.32. The molecule has 1 aromatic rings. The van der Waals surface area contributed by atoms with Crippen molar-refractivity contribution in [3.8, 4) is 0 Å². The van der Waals surface area contributed by atoms with Crippen LogP contribution in [-0.4, -0.2) is 47.5 Å². The molecular formula is C48H80N2O2. The number of nitrogens with zero attached hydrogens (tertiary/aromatic N) is 2. The van der Waals surface area contributed by atoms with E-state index in [1.54, 1.807) is 0 Å². The molecule has 2 fully saturated rings. The van der Waals surface area contributed by atoms with E-state index < -0.39 is 0 Å². The summed E-state index contributed by atoms with van der Waals surface area (Å²) in [4.78, 5) is 6.71. The van der Waals surface area contributed by atoms with Crippen molar-refractivity contribution in [3.63, 3.8) is 0 Å². The molecule has 4 nitrogen and oxygen atoms in total. The zero-order chi connectivity index (χ0) is 36.8. The molecule has 52 heavy (non-hydrogen) atoms. The predicted octanol–water partition coefficient (Wildman–Crippen LogP) is 13.8. The Kier molecular flexibility index (Phi) is 25.1. The van der Waals surface area contributed by atoms with Crippen LogP contribution in [0.3, 0.4) is 0 Å². The molecule has 0 radical (unpaired) electrons. The Morgan fingerprint density at radius 3 is 1.48 bits per heavy atom. The Morgan fingerprint density at radius 1 is 0.596 bits per heavy atom. The number of fused-ring (bicyclic) bond motifs is 1. The van der Waals surface area contributed by atoms with Gasteiger partial charge < -0.3 is 14.4 Å². The zero-order valence-electron chi connectivity index (χ0n) is 34.2. The minimum Gasteiger partial charge on any atom is -0.344 e. The van der Waals surface area contributed by atoms with Crippen LogP contribution in [0.1, 0.15) is 186 Å². The number of unbranched alkanes of at least 4 members (excludes halogenated alkanes) is 16. The Labute approximate surface area is 322 Å². The van der Waals surface area contributed by atoms with Crippen molar-refractivity contribution in [2.45, 2.75) is 211 Å². The number of rotatable bonds is 32. The summed E-state index contributed by atoms with van der Waals surface area (Å²) in [6, 6.07) is 4.82. The van der Waals surface area contributed by atoms with Crippen molar-refractivity contribution in [2.24, 2.45) is 0 Å². The number of aromatic nitrogens is 1. The van der Waals surface area contributed by atoms with E-state index in [9.17, 15) is 0 Å². The minimum absolute atomic E-state index is 0.258. The Hall–Kier alpha value is -2.01. The average molecular weight is 717 g/mol. The lowest BCUT2D eigenvalue weighted by Gasteiger charge is -2.32. The molecule has 2 heterocycles. The standard InChI is InChI=1S/C48H80N2O2/c1-4-6-8-10-12-14-16-18-20-22-24-26-28-30-32-37-48(38-33-31-29-27-25-23-21-19-17-15-13-11-9-7-5-2)51-46-42-45(43-47(46)52-48)50(3)41-36-44-34-39-49-40-35-44/h10-13,16-19,34-35,39-40,45-47H,4-9,14-15,20-33,36-38,41-43H2,1-3H3/b12-10-,13-11-,18-16-,19-17-/t45?,46-,47+. The molecule has 294 valence electrons. The average Bonchev–Trinajstić information content (AvgIpc) is 3.71. The maximum atomic E-state index is 6.97. The van der Waals surface area contributed by atoms with E-state index in [0.717, 1.165) is 51.5 Å². The maximum Gasteiger partial charge on any atom is 0.169 e. The molecule has 4 heteroatoms. The second kappa shape index (κ2) is 29.4. The lowest BCUT2D eigenvalue weighted by atomic mass is 9.98. The second-order valence-corrected chi connectivity index (χ2v) is 15.9. The fraction of sp³-hybridized carbons (Fsp3) is 0.729. The summed E-state index contributed by atoms with van der Waals surface area (Å²) in [6.07, 6.45) is 56.6. The smallest absolute Gasteiger partial charge is 0.169 e. The van der Waals surface area contributed by atoms with Crippen molar-refractivity contribution in [1.82, 2.24) is 9.88 Å². The molecule has 1 saturated heterocycles. The van der Waals surface area contributed by atoms with Crippen LogP contribution in [0.5, 0.6) is 0 Å². The highest BCUT2D eigenvalue weighted by Crippen LogP contribution is 2.44. The maximum absolute atomic E-state index is 6.97. The van der Waals surface area contributed by atoms with Gasteiger partial charge in [0.15, 0.2) is 5.79 Å². The summed E-state index contributed by atoms with van der Waals surface area (Å²) < 4.78 is 13.9. The molecule has 0 N–H and O–H groups in total. The topological polar surface area (TPSA) is 34.6 Å². The fourth-order valence-corrected chi connectivity index (χ4v) is 7.91. The third-order valence-electron chi connectivity index (χ3n) is 11.3. The summed E-state index contributed by atoms with van der Waals surface area (Å²) in [6.45, 7) is 5.58. The van der Waals surface area contributed by atoms with Gasteiger partial charge >= 0.3 is 0 Å². The summed E-state index contributed by atoms with van der Waals surface area (Å²) in [5.74, 6) is -0.346. The van der Waals surface area contributed by atoms with Crippen molar-refractivity contribution in [3.05, 3.63) is 78.7 Å². The molecule has 1 saturated carbocycles. The summed E-state index contributed by atoms with van der Waals surface area (Å²) in [5.41, 5.74) is 1.36. The van der Waals surface area contributed by atoms with Crippen LogP contribution in [-0.2, 0) is 15.9 Å². The molecule has 0 spiro atoms. The Bertz CT molecular complexity index is 1030. The van der Waals surface area contributed by atoms with Crippen molar-refractivity contribution < 1.29 is 9.47 Å². The van der Waals surface area contributed by atoms with Gasteiger partial charge in [0.2, 0.25) is 0 Å². The summed E-state index contributed by atoms with van der Waals surface area (Å²) >= 11 is 0. The monoisotopic (exact) mass is 717 g/mol. The van der Waals surface area contributed by atoms with E-state index in [0.29, 0.717) is 6.04 Å². The molecule has 0 aromatic carbocycles. The molecule has 0 amide bonds. The molecule has 1 aliphatic carbocycles. The van der Waals surface area contributed by atoms with Gasteiger partial charge in [-0.2, -0.15) is 0 Å². The lowest BCUT2D eigenvalue weighted by molar-refractivity contribution is -0.193. The Morgan fingerprint density at radius 2 is 1.02 bits per heavy atom. The van der Waals surface area contributed by atoms with Gasteiger partial charge in [0.05, 0.1) is 12.2 Å². The summed E-state index contributed by atoms with van der Waals surface area (Å²) in [7, 11) is 2.28. The number of pyridine rings is 1. The van der Waals surface area contributed by atoms with Gasteiger partial charge in [-0.3, -0.25) is 4.98 Å². The second-order valence-electron chi connectivity index (χ2n) is 15.9. The van der Waals surface area contributed by atoms with Gasteiger partial charge in [-0.05, 0) is 108 Å². The van der Waals surface area contributed by atoms with Crippen LogP contribution in [0.2, 0.25) is 0 Å². The van der Waals surface area contributed by atoms with E-state index in [2.05, 4.69) is 91.5 Å². The van der Waals surface area contributed by atoms with Crippen LogP contribution in [0.4, 0.5) is 0 Å². The first-order chi connectivity index (χ1) is 25.7. The van der Waals surface area contributed by atoms with Gasteiger partial charge in [0, 0.05) is 37.8 Å². The van der Waals surface area contributed by atoms with Gasteiger partial charge in [-0.25, -0.2) is 0 Å². The van der Waals surface area contributed by atoms with Crippen molar-refractivity contribution in [1.29, 1.82) is 0 Å². The molecule has 3 atom stereocenters. The highest BCUT2D eigenvalue weighted by Gasteiger charge is 2.51. The fourth-order valence-electron chi connectivity index (χ4n) is 7.91. The number of hydrogen-bond acceptors (Lipinski definition) is 4. The molecule has 1 aliphatic heterocycles. The van der Waals surface area contributed by atoms with Crippen molar-refractivity contribution >= 4 is 0 Å².